The van der Waals surface area contributed by atoms with Crippen LogP contribution in [-0.2, 0) is 16.1 Å². The van der Waals surface area contributed by atoms with Crippen LogP contribution in [0, 0.1) is 24.1 Å². The molecule has 0 radical (unpaired) electrons. The van der Waals surface area contributed by atoms with E-state index in [2.05, 4.69) is 43.2 Å². The summed E-state index contributed by atoms with van der Waals surface area (Å²) in [4.78, 5) is 32.8. The van der Waals surface area contributed by atoms with Crippen LogP contribution in [0.25, 0.3) is 10.9 Å². The Morgan fingerprint density at radius 1 is 1.02 bits per heavy atom. The van der Waals surface area contributed by atoms with Crippen molar-refractivity contribution in [1.82, 2.24) is 9.88 Å². The standard InChI is InChI=1S/C34H38FN3O3/c1-21-30(25-12-8-10-14-28(25)36-21)31-26(33(31,2)3)19-29(39)38(20-22-11-7-9-13-27(22)35)34(4,5)32(40)37-23-15-17-24(41-6)18-16-23/h7-18,26,31,36H,19-20H2,1-6H3,(H,37,40). The van der Waals surface area contributed by atoms with E-state index in [1.165, 1.54) is 21.9 Å². The molecule has 0 saturated heterocycles. The molecule has 1 heterocycles. The maximum Gasteiger partial charge on any atom is 0.249 e. The topological polar surface area (TPSA) is 74.4 Å². The zero-order chi connectivity index (χ0) is 29.5. The van der Waals surface area contributed by atoms with Crippen molar-refractivity contribution in [2.24, 2.45) is 11.3 Å². The van der Waals surface area contributed by atoms with Crippen LogP contribution < -0.4 is 10.1 Å². The molecule has 2 unspecified atom stereocenters. The predicted molar refractivity (Wildman–Crippen MR) is 160 cm³/mol. The fourth-order valence-electron chi connectivity index (χ4n) is 6.17. The van der Waals surface area contributed by atoms with Gasteiger partial charge in [0.05, 0.1) is 7.11 Å². The first-order valence-corrected chi connectivity index (χ1v) is 14.0. The Balaban J connectivity index is 1.42. The average Bonchev–Trinajstić information content (AvgIpc) is 3.29. The minimum atomic E-state index is -1.26. The third-order valence-electron chi connectivity index (χ3n) is 8.87. The zero-order valence-corrected chi connectivity index (χ0v) is 24.5. The molecule has 1 saturated carbocycles. The number of fused-ring (bicyclic) bond motifs is 1. The molecule has 5 rings (SSSR count). The summed E-state index contributed by atoms with van der Waals surface area (Å²) < 4.78 is 20.0. The molecular formula is C34H38FN3O3. The number of hydrogen-bond donors (Lipinski definition) is 2. The summed E-state index contributed by atoms with van der Waals surface area (Å²) in [5.41, 5.74) is 3.04. The maximum atomic E-state index is 14.8. The van der Waals surface area contributed by atoms with Crippen molar-refractivity contribution < 1.29 is 18.7 Å². The number of hydrogen-bond acceptors (Lipinski definition) is 3. The second-order valence-electron chi connectivity index (χ2n) is 12.1. The van der Waals surface area contributed by atoms with Gasteiger partial charge in [-0.05, 0) is 80.0 Å². The molecule has 214 valence electrons. The van der Waals surface area contributed by atoms with Gasteiger partial charge in [-0.3, -0.25) is 9.59 Å². The van der Waals surface area contributed by atoms with Crippen molar-refractivity contribution in [3.05, 3.63) is 95.4 Å². The summed E-state index contributed by atoms with van der Waals surface area (Å²) in [5, 5.41) is 4.11. The number of carbonyl (C=O) groups excluding carboxylic acids is 2. The van der Waals surface area contributed by atoms with Crippen molar-refractivity contribution in [2.75, 3.05) is 12.4 Å². The molecule has 7 heteroatoms. The first kappa shape index (κ1) is 28.4. The molecule has 0 aliphatic heterocycles. The zero-order valence-electron chi connectivity index (χ0n) is 24.5. The van der Waals surface area contributed by atoms with Gasteiger partial charge in [0.25, 0.3) is 0 Å². The SMILES string of the molecule is COc1ccc(NC(=O)C(C)(C)N(Cc2ccccc2F)C(=O)CC2C(c3c(C)[nH]c4ccccc34)C2(C)C)cc1. The highest BCUT2D eigenvalue weighted by Crippen LogP contribution is 2.67. The molecule has 3 aromatic carbocycles. The quantitative estimate of drug-likeness (QED) is 0.229. The van der Waals surface area contributed by atoms with Crippen molar-refractivity contribution in [3.8, 4) is 5.75 Å². The highest BCUT2D eigenvalue weighted by atomic mass is 19.1. The third-order valence-corrected chi connectivity index (χ3v) is 8.87. The fraction of sp³-hybridized carbons (Fsp3) is 0.353. The third kappa shape index (κ3) is 5.33. The van der Waals surface area contributed by atoms with Gasteiger partial charge in [0.15, 0.2) is 0 Å². The van der Waals surface area contributed by atoms with E-state index in [-0.39, 0.29) is 42.0 Å². The molecule has 1 aromatic heterocycles. The summed E-state index contributed by atoms with van der Waals surface area (Å²) in [7, 11) is 1.58. The number of benzene rings is 3. The number of methoxy groups -OCH3 is 1. The lowest BCUT2D eigenvalue weighted by Crippen LogP contribution is -2.55. The van der Waals surface area contributed by atoms with Crippen LogP contribution in [0.5, 0.6) is 5.75 Å². The Bertz CT molecular complexity index is 1590. The van der Waals surface area contributed by atoms with Crippen molar-refractivity contribution in [1.29, 1.82) is 0 Å². The monoisotopic (exact) mass is 555 g/mol. The van der Waals surface area contributed by atoms with Gasteiger partial charge >= 0.3 is 0 Å². The van der Waals surface area contributed by atoms with Crippen LogP contribution in [0.4, 0.5) is 10.1 Å². The van der Waals surface area contributed by atoms with E-state index >= 15 is 0 Å². The van der Waals surface area contributed by atoms with Crippen molar-refractivity contribution in [2.45, 2.75) is 59.0 Å². The number of nitrogens with zero attached hydrogens (tertiary/aromatic N) is 1. The van der Waals surface area contributed by atoms with E-state index in [0.29, 0.717) is 17.0 Å². The number of amides is 2. The largest absolute Gasteiger partial charge is 0.497 e. The molecule has 0 bridgehead atoms. The molecule has 1 aliphatic rings. The number of aryl methyl sites for hydroxylation is 1. The van der Waals surface area contributed by atoms with E-state index in [1.807, 2.05) is 12.1 Å². The van der Waals surface area contributed by atoms with E-state index in [0.717, 1.165) is 11.2 Å². The van der Waals surface area contributed by atoms with Crippen LogP contribution >= 0.6 is 0 Å². The van der Waals surface area contributed by atoms with Crippen LogP contribution in [-0.4, -0.2) is 34.3 Å². The van der Waals surface area contributed by atoms with E-state index in [1.54, 1.807) is 63.4 Å². The van der Waals surface area contributed by atoms with Gasteiger partial charge in [-0.15, -0.1) is 0 Å². The number of H-pyrrole nitrogens is 1. The highest BCUT2D eigenvalue weighted by Gasteiger charge is 2.60. The van der Waals surface area contributed by atoms with E-state index in [4.69, 9.17) is 4.74 Å². The molecular weight excluding hydrogens is 517 g/mol. The summed E-state index contributed by atoms with van der Waals surface area (Å²) in [6.07, 6.45) is 0.254. The molecule has 4 aromatic rings. The minimum Gasteiger partial charge on any atom is -0.497 e. The number of nitrogens with one attached hydrogen (secondary N) is 2. The van der Waals surface area contributed by atoms with Crippen molar-refractivity contribution in [3.63, 3.8) is 0 Å². The number of carbonyl (C=O) groups is 2. The highest BCUT2D eigenvalue weighted by molar-refractivity contribution is 6.00. The lowest BCUT2D eigenvalue weighted by Gasteiger charge is -2.38. The number of aromatic nitrogens is 1. The van der Waals surface area contributed by atoms with Gasteiger partial charge in [0.1, 0.15) is 17.1 Å². The number of aromatic amines is 1. The molecule has 2 amide bonds. The van der Waals surface area contributed by atoms with Crippen molar-refractivity contribution >= 4 is 28.4 Å². The molecule has 2 atom stereocenters. The fourth-order valence-corrected chi connectivity index (χ4v) is 6.17. The van der Waals surface area contributed by atoms with E-state index in [9.17, 15) is 14.0 Å². The summed E-state index contributed by atoms with van der Waals surface area (Å²) >= 11 is 0. The number of halogens is 1. The van der Waals surface area contributed by atoms with Crippen LogP contribution in [0.1, 0.15) is 56.9 Å². The number of ether oxygens (including phenoxy) is 1. The summed E-state index contributed by atoms with van der Waals surface area (Å²) in [6.45, 7) is 9.88. The lowest BCUT2D eigenvalue weighted by molar-refractivity contribution is -0.145. The number of anilines is 1. The first-order chi connectivity index (χ1) is 19.4. The average molecular weight is 556 g/mol. The number of para-hydroxylation sites is 1. The van der Waals surface area contributed by atoms with Gasteiger partial charge in [-0.1, -0.05) is 50.2 Å². The van der Waals surface area contributed by atoms with Crippen LogP contribution in [0.2, 0.25) is 0 Å². The normalized spacial score (nSPS) is 17.7. The molecule has 1 aliphatic carbocycles. The smallest absolute Gasteiger partial charge is 0.249 e. The Labute approximate surface area is 240 Å². The molecule has 2 N–H and O–H groups in total. The van der Waals surface area contributed by atoms with Gasteiger partial charge in [0.2, 0.25) is 11.8 Å². The summed E-state index contributed by atoms with van der Waals surface area (Å²) in [6, 6.07) is 21.6. The van der Waals surface area contributed by atoms with Gasteiger partial charge in [-0.25, -0.2) is 4.39 Å². The molecule has 0 spiro atoms. The van der Waals surface area contributed by atoms with Gasteiger partial charge in [0, 0.05) is 40.8 Å². The predicted octanol–water partition coefficient (Wildman–Crippen LogP) is 7.20. The molecule has 6 nitrogen and oxygen atoms in total. The molecule has 1 fully saturated rings. The van der Waals surface area contributed by atoms with Crippen LogP contribution in [0.3, 0.4) is 0 Å². The Hall–Kier alpha value is -4.13. The molecule has 41 heavy (non-hydrogen) atoms. The minimum absolute atomic E-state index is 0.0154. The maximum absolute atomic E-state index is 14.8. The van der Waals surface area contributed by atoms with E-state index < -0.39 is 11.4 Å². The Morgan fingerprint density at radius 2 is 1.68 bits per heavy atom. The van der Waals surface area contributed by atoms with Crippen LogP contribution in [0.15, 0.2) is 72.8 Å². The second kappa shape index (κ2) is 10.7. The second-order valence-corrected chi connectivity index (χ2v) is 12.1. The Kier molecular flexibility index (Phi) is 7.41. The Morgan fingerprint density at radius 3 is 2.37 bits per heavy atom. The lowest BCUT2D eigenvalue weighted by atomic mass is 9.97. The van der Waals surface area contributed by atoms with Gasteiger partial charge in [-0.2, -0.15) is 0 Å². The van der Waals surface area contributed by atoms with Gasteiger partial charge < -0.3 is 19.9 Å². The first-order valence-electron chi connectivity index (χ1n) is 14.0. The summed E-state index contributed by atoms with van der Waals surface area (Å²) in [5.74, 6) is -0.000343. The number of rotatable bonds is 9.